The number of anilines is 3. The number of aromatic amines is 1. The second-order valence-corrected chi connectivity index (χ2v) is 27.6. The Bertz CT molecular complexity index is 4970. The molecule has 554 valence electrons. The van der Waals surface area contributed by atoms with E-state index in [4.69, 9.17) is 51.1 Å². The summed E-state index contributed by atoms with van der Waals surface area (Å²) in [7, 11) is 0. The van der Waals surface area contributed by atoms with E-state index in [1.54, 1.807) is 14.7 Å². The molecule has 3 aliphatic rings. The first-order chi connectivity index (χ1) is 51.1. The molecule has 0 spiro atoms. The van der Waals surface area contributed by atoms with Gasteiger partial charge in [0, 0.05) is 56.0 Å². The van der Waals surface area contributed by atoms with Gasteiger partial charge in [-0.25, -0.2) is 48.9 Å². The van der Waals surface area contributed by atoms with Gasteiger partial charge in [-0.1, -0.05) is 68.6 Å². The number of piperidine rings is 3. The van der Waals surface area contributed by atoms with Gasteiger partial charge in [0.25, 0.3) is 0 Å². The van der Waals surface area contributed by atoms with E-state index in [0.717, 1.165) is 101 Å². The van der Waals surface area contributed by atoms with Crippen LogP contribution in [0.1, 0.15) is 99.6 Å². The molecule has 3 amide bonds. The Morgan fingerprint density at radius 2 is 0.841 bits per heavy atom. The van der Waals surface area contributed by atoms with Crippen molar-refractivity contribution in [3.05, 3.63) is 195 Å². The van der Waals surface area contributed by atoms with Crippen LogP contribution in [-0.2, 0) is 14.3 Å². The number of benzene rings is 6. The number of hydrogen-bond donors (Lipinski definition) is 5. The highest BCUT2D eigenvalue weighted by atomic mass is 16.6. The third kappa shape index (κ3) is 19.1. The van der Waals surface area contributed by atoms with Crippen molar-refractivity contribution in [1.82, 2.24) is 74.4 Å². The molecule has 8 N–H and O–H groups in total. The number of hydrogen-bond acceptors (Lipinski definition) is 21. The SMILES string of the molecule is C.C=CC(=O)N1CCCC(n2nc(-c3ccc(Oc4ccccc4)cc3)c3c(N)ncnc32)C1.CC(C)(C)OC(=O)N1CCCC(O)C1.CC(C)(C)OC(=O)N1CCCC(n2nc(-c3ccc(Oc4ccccc4)cc3)c3c(N)ncnc32)C1.Nc1ncnc2n[nH]c(-c3ccc(Oc4ccccc4)cc3)c12. The van der Waals surface area contributed by atoms with E-state index >= 15 is 0 Å². The van der Waals surface area contributed by atoms with Crippen LogP contribution in [0.15, 0.2) is 195 Å². The number of H-pyrrole nitrogens is 1. The number of carbonyl (C=O) groups excluding carboxylic acids is 3. The molecule has 0 radical (unpaired) electrons. The third-order valence-electron chi connectivity index (χ3n) is 17.4. The lowest BCUT2D eigenvalue weighted by atomic mass is 10.1. The van der Waals surface area contributed by atoms with Crippen LogP contribution in [-0.4, -0.2) is 154 Å². The zero-order valence-electron chi connectivity index (χ0n) is 60.0. The first kappa shape index (κ1) is 75.6. The van der Waals surface area contributed by atoms with E-state index in [1.165, 1.54) is 25.1 Å². The molecule has 3 aliphatic heterocycles. The van der Waals surface area contributed by atoms with E-state index in [1.807, 2.05) is 215 Å². The fourth-order valence-corrected chi connectivity index (χ4v) is 12.5. The molecule has 27 nitrogen and oxygen atoms in total. The molecule has 9 heterocycles. The zero-order chi connectivity index (χ0) is 74.5. The maximum atomic E-state index is 12.7. The molecule has 107 heavy (non-hydrogen) atoms. The lowest BCUT2D eigenvalue weighted by Crippen LogP contribution is -2.44. The number of rotatable bonds is 12. The normalized spacial score (nSPS) is 15.8. The first-order valence-electron chi connectivity index (χ1n) is 35.1. The minimum Gasteiger partial charge on any atom is -0.457 e. The molecule has 3 atom stereocenters. The van der Waals surface area contributed by atoms with Gasteiger partial charge < -0.3 is 60.7 Å². The van der Waals surface area contributed by atoms with Gasteiger partial charge in [-0.05, 0) is 195 Å². The van der Waals surface area contributed by atoms with E-state index in [0.29, 0.717) is 95.8 Å². The predicted octanol–water partition coefficient (Wildman–Crippen LogP) is 15.1. The average Bonchev–Trinajstić information content (AvgIpc) is 1.60. The van der Waals surface area contributed by atoms with Crippen LogP contribution in [0.2, 0.25) is 0 Å². The molecule has 12 aromatic rings. The van der Waals surface area contributed by atoms with Crippen LogP contribution in [0.3, 0.4) is 0 Å². The van der Waals surface area contributed by atoms with Gasteiger partial charge in [0.15, 0.2) is 16.9 Å². The van der Waals surface area contributed by atoms with Crippen molar-refractivity contribution in [3.8, 4) is 68.3 Å². The van der Waals surface area contributed by atoms with Crippen LogP contribution in [0, 0.1) is 0 Å². The standard InChI is InChI=1S/C27H30N6O3.C25H24N6O2.C17H13N5O.C10H19NO3.CH4/c1-27(2,3)36-26(34)32-15-7-8-19(16-32)33-25-22(24(28)29-17-30-25)23(31-33)18-11-13-21(14-12-18)35-20-9-5-4-6-10-20;1-2-21(32)30-14-6-7-18(15-30)31-25-22(24(26)27-16-28-25)23(29-31)17-10-12-20(13-11-17)33-19-8-4-3-5-9-19;18-16-14-15(21-22-17(14)20-10-19-16)11-6-8-13(9-7-11)23-12-4-2-1-3-5-12;1-10(2,3)14-9(13)11-6-4-5-8(12)7-11;/h4-6,9-14,17,19H,7-8,15-16H2,1-3H3,(H2,28,29,30);2-5,8-13,16,18H,1,6-7,14-15H2,(H2,26,27,28);1-10H,(H3,18,19,20,21,22);8,12H,4-7H2,1-3H3;1H4. The monoisotopic (exact) mass is 1450 g/mol. The van der Waals surface area contributed by atoms with Crippen LogP contribution in [0.4, 0.5) is 27.0 Å². The fourth-order valence-electron chi connectivity index (χ4n) is 12.5. The number of β-amino-alcohol motifs (C(OH)–C–C–N with tert-alkyl or cyclic N) is 1. The summed E-state index contributed by atoms with van der Waals surface area (Å²) in [4.78, 5) is 67.1. The van der Waals surface area contributed by atoms with Crippen molar-refractivity contribution in [2.75, 3.05) is 56.5 Å². The summed E-state index contributed by atoms with van der Waals surface area (Å²) in [6, 6.07) is 51.9. The highest BCUT2D eigenvalue weighted by Gasteiger charge is 2.33. The molecule has 3 unspecified atom stereocenters. The molecular weight excluding hydrogens is 1360 g/mol. The van der Waals surface area contributed by atoms with E-state index in [9.17, 15) is 19.5 Å². The summed E-state index contributed by atoms with van der Waals surface area (Å²) in [5, 5.41) is 28.5. The molecule has 6 aromatic heterocycles. The van der Waals surface area contributed by atoms with Crippen molar-refractivity contribution in [3.63, 3.8) is 0 Å². The van der Waals surface area contributed by atoms with Crippen LogP contribution < -0.4 is 31.4 Å². The summed E-state index contributed by atoms with van der Waals surface area (Å²) in [6.07, 6.45) is 9.73. The average molecular weight is 1450 g/mol. The number of nitrogens with one attached hydrogen (secondary N) is 1. The van der Waals surface area contributed by atoms with Crippen molar-refractivity contribution in [2.24, 2.45) is 0 Å². The summed E-state index contributed by atoms with van der Waals surface area (Å²) >= 11 is 0. The summed E-state index contributed by atoms with van der Waals surface area (Å²) in [5.74, 6) is 5.62. The third-order valence-corrected chi connectivity index (χ3v) is 17.4. The fraction of sp³-hybridized carbons (Fsp3) is 0.300. The maximum Gasteiger partial charge on any atom is 0.410 e. The van der Waals surface area contributed by atoms with E-state index in [-0.39, 0.29) is 37.6 Å². The molecule has 15 rings (SSSR count). The van der Waals surface area contributed by atoms with Gasteiger partial charge in [-0.2, -0.15) is 15.3 Å². The van der Waals surface area contributed by atoms with Crippen LogP contribution >= 0.6 is 0 Å². The minimum atomic E-state index is -0.548. The molecule has 0 saturated carbocycles. The Labute approximate surface area is 620 Å². The van der Waals surface area contributed by atoms with Crippen LogP contribution in [0.5, 0.6) is 34.5 Å². The number of carbonyl (C=O) groups is 3. The number of aliphatic hydroxyl groups is 1. The lowest BCUT2D eigenvalue weighted by Gasteiger charge is -2.34. The highest BCUT2D eigenvalue weighted by Crippen LogP contribution is 2.38. The van der Waals surface area contributed by atoms with Crippen molar-refractivity contribution in [2.45, 2.75) is 117 Å². The lowest BCUT2D eigenvalue weighted by molar-refractivity contribution is -0.127. The molecule has 0 bridgehead atoms. The number of nitrogen functional groups attached to an aromatic ring is 3. The van der Waals surface area contributed by atoms with Crippen molar-refractivity contribution < 1.29 is 43.2 Å². The predicted molar refractivity (Wildman–Crippen MR) is 412 cm³/mol. The Balaban J connectivity index is 0.000000149. The minimum absolute atomic E-state index is 0. The number of aliphatic hydroxyl groups excluding tert-OH is 1. The number of para-hydroxylation sites is 3. The Morgan fingerprint density at radius 3 is 1.25 bits per heavy atom. The van der Waals surface area contributed by atoms with E-state index < -0.39 is 17.3 Å². The molecular formula is C80H90N18O9. The molecule has 3 saturated heterocycles. The first-order valence-corrected chi connectivity index (χ1v) is 35.1. The maximum absolute atomic E-state index is 12.7. The Morgan fingerprint density at radius 1 is 0.477 bits per heavy atom. The second-order valence-electron chi connectivity index (χ2n) is 27.6. The van der Waals surface area contributed by atoms with Crippen LogP contribution in [0.25, 0.3) is 66.9 Å². The summed E-state index contributed by atoms with van der Waals surface area (Å²) in [6.45, 7) is 18.2. The topological polar surface area (TPSA) is 347 Å². The summed E-state index contributed by atoms with van der Waals surface area (Å²) < 4.78 is 32.2. The second kappa shape index (κ2) is 33.9. The molecule has 6 aromatic carbocycles. The quantitative estimate of drug-likeness (QED) is 0.0709. The Kier molecular flexibility index (Phi) is 24.0. The number of amides is 3. The van der Waals surface area contributed by atoms with E-state index in [2.05, 4.69) is 46.7 Å². The Hall–Kier alpha value is -12.5. The van der Waals surface area contributed by atoms with Gasteiger partial charge in [-0.3, -0.25) is 9.89 Å². The van der Waals surface area contributed by atoms with Gasteiger partial charge >= 0.3 is 12.2 Å². The number of fused-ring (bicyclic) bond motifs is 3. The van der Waals surface area contributed by atoms with Gasteiger partial charge in [0.1, 0.15) is 93.5 Å². The largest absolute Gasteiger partial charge is 0.457 e. The number of aromatic nitrogens is 12. The number of nitrogens with two attached hydrogens (primary N) is 3. The number of ether oxygens (including phenoxy) is 5. The zero-order valence-corrected chi connectivity index (χ0v) is 60.0. The smallest absolute Gasteiger partial charge is 0.410 e. The molecule has 0 aliphatic carbocycles. The van der Waals surface area contributed by atoms with Crippen molar-refractivity contribution >= 4 is 68.6 Å². The van der Waals surface area contributed by atoms with Gasteiger partial charge in [0.05, 0.1) is 40.0 Å². The van der Waals surface area contributed by atoms with Crippen molar-refractivity contribution in [1.29, 1.82) is 0 Å². The van der Waals surface area contributed by atoms with Gasteiger partial charge in [-0.15, -0.1) is 0 Å². The molecule has 27 heteroatoms. The summed E-state index contributed by atoms with van der Waals surface area (Å²) in [5.41, 5.74) is 24.3. The number of nitrogens with zero attached hydrogens (tertiary/aromatic N) is 14. The van der Waals surface area contributed by atoms with Gasteiger partial charge in [0.2, 0.25) is 5.91 Å². The highest BCUT2D eigenvalue weighted by molar-refractivity contribution is 6.00. The number of likely N-dealkylation sites (tertiary alicyclic amines) is 3. The molecule has 3 fully saturated rings.